The molecule has 0 aliphatic heterocycles. The maximum atomic E-state index is 10.8. The molecule has 12 heavy (non-hydrogen) atoms. The van der Waals surface area contributed by atoms with Crippen LogP contribution in [0.5, 0.6) is 0 Å². The smallest absolute Gasteiger partial charge is 0.314 e. The summed E-state index contributed by atoms with van der Waals surface area (Å²) in [7, 11) is 1.59. The molecule has 0 bridgehead atoms. The van der Waals surface area contributed by atoms with E-state index in [1.807, 2.05) is 13.8 Å². The molecule has 2 amide bonds. The number of carbonyl (C=O) groups excluding carboxylic acids is 1. The van der Waals surface area contributed by atoms with Crippen LogP contribution in [-0.4, -0.2) is 32.3 Å². The second-order valence-corrected chi connectivity index (χ2v) is 2.45. The van der Waals surface area contributed by atoms with Crippen molar-refractivity contribution in [1.29, 1.82) is 0 Å². The molecule has 0 aromatic carbocycles. The van der Waals surface area contributed by atoms with Gasteiger partial charge < -0.3 is 15.4 Å². The van der Waals surface area contributed by atoms with Gasteiger partial charge in [0, 0.05) is 20.2 Å². The van der Waals surface area contributed by atoms with Crippen molar-refractivity contribution in [3.8, 4) is 0 Å². The largest absolute Gasteiger partial charge is 0.377 e. The van der Waals surface area contributed by atoms with Gasteiger partial charge in [0.1, 0.15) is 0 Å². The van der Waals surface area contributed by atoms with Gasteiger partial charge in [0.2, 0.25) is 0 Å². The van der Waals surface area contributed by atoms with Crippen molar-refractivity contribution in [2.24, 2.45) is 0 Å². The van der Waals surface area contributed by atoms with Gasteiger partial charge in [0.25, 0.3) is 0 Å². The molecular formula is C8H18N2O2. The Labute approximate surface area is 73.7 Å². The average Bonchev–Trinajstić information content (AvgIpc) is 2.11. The monoisotopic (exact) mass is 174 g/mol. The van der Waals surface area contributed by atoms with Crippen molar-refractivity contribution in [2.45, 2.75) is 26.4 Å². The van der Waals surface area contributed by atoms with Crippen molar-refractivity contribution < 1.29 is 9.53 Å². The second kappa shape index (κ2) is 6.91. The lowest BCUT2D eigenvalue weighted by Crippen LogP contribution is -2.38. The van der Waals surface area contributed by atoms with Gasteiger partial charge in [-0.3, -0.25) is 0 Å². The summed E-state index contributed by atoms with van der Waals surface area (Å²) < 4.78 is 5.34. The predicted octanol–water partition coefficient (Wildman–Crippen LogP) is 0.731. The zero-order chi connectivity index (χ0) is 9.40. The minimum Gasteiger partial charge on any atom is -0.377 e. The predicted molar refractivity (Wildman–Crippen MR) is 48.2 cm³/mol. The molecule has 0 saturated heterocycles. The molecule has 2 N–H and O–H groups in total. The van der Waals surface area contributed by atoms with E-state index in [9.17, 15) is 4.79 Å². The van der Waals surface area contributed by atoms with Crippen LogP contribution in [-0.2, 0) is 4.74 Å². The first-order valence-corrected chi connectivity index (χ1v) is 4.31. The fourth-order valence-electron chi connectivity index (χ4n) is 0.852. The third kappa shape index (κ3) is 4.96. The number of ether oxygens (including phenoxy) is 1. The Morgan fingerprint density at radius 2 is 2.17 bits per heavy atom. The van der Waals surface area contributed by atoms with Crippen LogP contribution in [0.15, 0.2) is 0 Å². The molecule has 0 aliphatic rings. The summed E-state index contributed by atoms with van der Waals surface area (Å²) in [5.74, 6) is 0. The molecule has 0 spiro atoms. The Bertz CT molecular complexity index is 128. The van der Waals surface area contributed by atoms with Crippen molar-refractivity contribution in [3.05, 3.63) is 0 Å². The Morgan fingerprint density at radius 3 is 2.58 bits per heavy atom. The fraction of sp³-hybridized carbons (Fsp3) is 0.875. The van der Waals surface area contributed by atoms with E-state index < -0.39 is 0 Å². The molecular weight excluding hydrogens is 156 g/mol. The first-order chi connectivity index (χ1) is 5.74. The molecule has 4 nitrogen and oxygen atoms in total. The number of hydrogen-bond donors (Lipinski definition) is 2. The molecule has 0 fully saturated rings. The van der Waals surface area contributed by atoms with Gasteiger partial charge in [-0.1, -0.05) is 6.92 Å². The molecule has 72 valence electrons. The maximum absolute atomic E-state index is 10.8. The first-order valence-electron chi connectivity index (χ1n) is 4.31. The molecule has 0 aromatic heterocycles. The van der Waals surface area contributed by atoms with E-state index in [0.29, 0.717) is 13.2 Å². The number of nitrogens with one attached hydrogen (secondary N) is 2. The van der Waals surface area contributed by atoms with Crippen LogP contribution >= 0.6 is 0 Å². The number of urea groups is 1. The van der Waals surface area contributed by atoms with Crippen LogP contribution in [0.3, 0.4) is 0 Å². The van der Waals surface area contributed by atoms with E-state index in [1.54, 1.807) is 7.05 Å². The first kappa shape index (κ1) is 11.2. The molecule has 0 saturated carbocycles. The number of amides is 2. The summed E-state index contributed by atoms with van der Waals surface area (Å²) in [6.07, 6.45) is 1.05. The molecule has 0 aromatic rings. The Kier molecular flexibility index (Phi) is 6.47. The molecule has 0 aliphatic carbocycles. The number of hydrogen-bond acceptors (Lipinski definition) is 2. The summed E-state index contributed by atoms with van der Waals surface area (Å²) in [5.41, 5.74) is 0. The van der Waals surface area contributed by atoms with Crippen LogP contribution in [0.25, 0.3) is 0 Å². The van der Waals surface area contributed by atoms with Crippen LogP contribution < -0.4 is 10.6 Å². The van der Waals surface area contributed by atoms with Crippen molar-refractivity contribution in [3.63, 3.8) is 0 Å². The minimum absolute atomic E-state index is 0.132. The Morgan fingerprint density at radius 1 is 1.50 bits per heavy atom. The average molecular weight is 174 g/mol. The van der Waals surface area contributed by atoms with Crippen LogP contribution in [0.1, 0.15) is 20.3 Å². The highest BCUT2D eigenvalue weighted by molar-refractivity contribution is 5.73. The van der Waals surface area contributed by atoms with Crippen molar-refractivity contribution in [2.75, 3.05) is 20.2 Å². The van der Waals surface area contributed by atoms with E-state index in [-0.39, 0.29) is 12.1 Å². The summed E-state index contributed by atoms with van der Waals surface area (Å²) in [6.45, 7) is 5.24. The summed E-state index contributed by atoms with van der Waals surface area (Å²) >= 11 is 0. The number of rotatable bonds is 5. The third-order valence-corrected chi connectivity index (χ3v) is 1.58. The lowest BCUT2D eigenvalue weighted by atomic mass is 10.3. The van der Waals surface area contributed by atoms with Gasteiger partial charge in [0.05, 0.1) is 6.10 Å². The lowest BCUT2D eigenvalue weighted by molar-refractivity contribution is 0.0619. The maximum Gasteiger partial charge on any atom is 0.314 e. The minimum atomic E-state index is -0.159. The highest BCUT2D eigenvalue weighted by Crippen LogP contribution is 1.95. The van der Waals surface area contributed by atoms with Crippen molar-refractivity contribution in [1.82, 2.24) is 10.6 Å². The SMILES string of the molecule is CCOC(CC)CNC(=O)NC. The van der Waals surface area contributed by atoms with Crippen LogP contribution in [0.4, 0.5) is 4.79 Å². The molecule has 0 heterocycles. The van der Waals surface area contributed by atoms with Gasteiger partial charge in [-0.2, -0.15) is 0 Å². The van der Waals surface area contributed by atoms with E-state index >= 15 is 0 Å². The fourth-order valence-corrected chi connectivity index (χ4v) is 0.852. The van der Waals surface area contributed by atoms with Gasteiger partial charge in [-0.25, -0.2) is 4.79 Å². The molecule has 1 atom stereocenters. The van der Waals surface area contributed by atoms with Crippen LogP contribution in [0, 0.1) is 0 Å². The third-order valence-electron chi connectivity index (χ3n) is 1.58. The quantitative estimate of drug-likeness (QED) is 0.645. The molecule has 0 rings (SSSR count). The topological polar surface area (TPSA) is 50.4 Å². The van der Waals surface area contributed by atoms with Gasteiger partial charge in [-0.15, -0.1) is 0 Å². The summed E-state index contributed by atoms with van der Waals surface area (Å²) in [6, 6.07) is -0.159. The summed E-state index contributed by atoms with van der Waals surface area (Å²) in [5, 5.41) is 5.17. The summed E-state index contributed by atoms with van der Waals surface area (Å²) in [4.78, 5) is 10.8. The normalized spacial score (nSPS) is 12.2. The Hall–Kier alpha value is -0.770. The highest BCUT2D eigenvalue weighted by atomic mass is 16.5. The van der Waals surface area contributed by atoms with E-state index in [2.05, 4.69) is 10.6 Å². The van der Waals surface area contributed by atoms with Gasteiger partial charge >= 0.3 is 6.03 Å². The molecule has 1 unspecified atom stereocenters. The lowest BCUT2D eigenvalue weighted by Gasteiger charge is -2.15. The Balaban J connectivity index is 3.50. The van der Waals surface area contributed by atoms with Crippen molar-refractivity contribution >= 4 is 6.03 Å². The highest BCUT2D eigenvalue weighted by Gasteiger charge is 2.05. The van der Waals surface area contributed by atoms with Gasteiger partial charge in [0.15, 0.2) is 0 Å². The molecule has 4 heteroatoms. The second-order valence-electron chi connectivity index (χ2n) is 2.45. The van der Waals surface area contributed by atoms with Crippen LogP contribution in [0.2, 0.25) is 0 Å². The number of carbonyl (C=O) groups is 1. The van der Waals surface area contributed by atoms with E-state index in [0.717, 1.165) is 6.42 Å². The standard InChI is InChI=1S/C8H18N2O2/c1-4-7(12-5-2)6-10-8(11)9-3/h7H,4-6H2,1-3H3,(H2,9,10,11). The zero-order valence-electron chi connectivity index (χ0n) is 8.02. The van der Waals surface area contributed by atoms with Gasteiger partial charge in [-0.05, 0) is 13.3 Å². The van der Waals surface area contributed by atoms with E-state index in [4.69, 9.17) is 4.74 Å². The van der Waals surface area contributed by atoms with E-state index in [1.165, 1.54) is 0 Å². The molecule has 0 radical (unpaired) electrons. The zero-order valence-corrected chi connectivity index (χ0v) is 8.02.